The number of nitrogens with two attached hydrogens (primary N) is 1. The van der Waals surface area contributed by atoms with E-state index < -0.39 is 0 Å². The van der Waals surface area contributed by atoms with Gasteiger partial charge >= 0.3 is 0 Å². The van der Waals surface area contributed by atoms with Crippen LogP contribution in [-0.2, 0) is 6.42 Å². The molecule has 0 amide bonds. The van der Waals surface area contributed by atoms with Crippen molar-refractivity contribution >= 4 is 29.9 Å². The van der Waals surface area contributed by atoms with E-state index >= 15 is 0 Å². The molecule has 1 aromatic rings. The molecule has 1 aromatic carbocycles. The van der Waals surface area contributed by atoms with Crippen molar-refractivity contribution in [3.8, 4) is 0 Å². The maximum atomic E-state index is 5.85. The fourth-order valence-corrected chi connectivity index (χ4v) is 2.04. The van der Waals surface area contributed by atoms with Gasteiger partial charge in [-0.1, -0.05) is 38.1 Å². The van der Waals surface area contributed by atoms with Crippen LogP contribution in [0.1, 0.15) is 37.4 Å². The van der Waals surface area contributed by atoms with Crippen molar-refractivity contribution in [1.82, 2.24) is 10.2 Å². The van der Waals surface area contributed by atoms with Crippen LogP contribution < -0.4 is 11.1 Å². The third-order valence-electron chi connectivity index (χ3n) is 3.39. The third-order valence-corrected chi connectivity index (χ3v) is 3.39. The van der Waals surface area contributed by atoms with Gasteiger partial charge in [0.2, 0.25) is 0 Å². The summed E-state index contributed by atoms with van der Waals surface area (Å²) in [7, 11) is 4.15. The van der Waals surface area contributed by atoms with Crippen LogP contribution in [-0.4, -0.2) is 38.0 Å². The van der Waals surface area contributed by atoms with Crippen molar-refractivity contribution < 1.29 is 0 Å². The number of guanidine groups is 1. The summed E-state index contributed by atoms with van der Waals surface area (Å²) in [6.45, 7) is 5.81. The Labute approximate surface area is 146 Å². The number of aryl methyl sites for hydroxylation is 1. The first kappa shape index (κ1) is 20.2. The van der Waals surface area contributed by atoms with E-state index in [0.717, 1.165) is 19.4 Å². The normalized spacial score (nSPS) is 12.9. The van der Waals surface area contributed by atoms with E-state index in [1.165, 1.54) is 11.1 Å². The van der Waals surface area contributed by atoms with Crippen molar-refractivity contribution in [1.29, 1.82) is 0 Å². The molecule has 0 radical (unpaired) electrons. The summed E-state index contributed by atoms with van der Waals surface area (Å²) >= 11 is 0. The predicted molar refractivity (Wildman–Crippen MR) is 102 cm³/mol. The summed E-state index contributed by atoms with van der Waals surface area (Å²) in [5, 5.41) is 3.11. The lowest BCUT2D eigenvalue weighted by molar-refractivity contribution is 0.306. The molecule has 1 atom stereocenters. The molecule has 0 saturated carbocycles. The number of hydrogen-bond donors (Lipinski definition) is 2. The lowest BCUT2D eigenvalue weighted by Crippen LogP contribution is -2.33. The summed E-state index contributed by atoms with van der Waals surface area (Å²) in [4.78, 5) is 6.62. The van der Waals surface area contributed by atoms with Crippen molar-refractivity contribution in [3.63, 3.8) is 0 Å². The van der Waals surface area contributed by atoms with Gasteiger partial charge in [0, 0.05) is 6.54 Å². The molecule has 5 heteroatoms. The van der Waals surface area contributed by atoms with Crippen LogP contribution >= 0.6 is 24.0 Å². The van der Waals surface area contributed by atoms with Gasteiger partial charge in [-0.05, 0) is 38.1 Å². The number of benzene rings is 1. The lowest BCUT2D eigenvalue weighted by atomic mass is 10.0. The van der Waals surface area contributed by atoms with Crippen LogP contribution in [0.3, 0.4) is 0 Å². The van der Waals surface area contributed by atoms with Crippen LogP contribution in [0.25, 0.3) is 0 Å². The van der Waals surface area contributed by atoms with Crippen LogP contribution in [0.2, 0.25) is 0 Å². The van der Waals surface area contributed by atoms with Crippen LogP contribution in [0.4, 0.5) is 0 Å². The average molecular weight is 404 g/mol. The second-order valence-corrected chi connectivity index (χ2v) is 5.23. The highest BCUT2D eigenvalue weighted by molar-refractivity contribution is 14.0. The molecular formula is C16H29IN4. The standard InChI is InChI=1S/C16H28N4.HI/c1-5-11-18-16(17)19-12-15(20(3)4)14-9-7-13(6-2)8-10-14;/h7-10,15H,5-6,11-12H2,1-4H3,(H3,17,18,19);1H. The molecule has 0 aromatic heterocycles. The van der Waals surface area contributed by atoms with E-state index in [1.54, 1.807) is 0 Å². The fraction of sp³-hybridized carbons (Fsp3) is 0.562. The Morgan fingerprint density at radius 2 is 1.86 bits per heavy atom. The summed E-state index contributed by atoms with van der Waals surface area (Å²) in [6, 6.07) is 9.01. The van der Waals surface area contributed by atoms with Gasteiger partial charge in [0.15, 0.2) is 5.96 Å². The summed E-state index contributed by atoms with van der Waals surface area (Å²) in [5.41, 5.74) is 8.49. The zero-order valence-electron chi connectivity index (χ0n) is 13.6. The Morgan fingerprint density at radius 3 is 2.33 bits per heavy atom. The van der Waals surface area contributed by atoms with Crippen molar-refractivity contribution in [2.45, 2.75) is 32.7 Å². The molecule has 0 aliphatic rings. The zero-order valence-corrected chi connectivity index (χ0v) is 15.9. The monoisotopic (exact) mass is 404 g/mol. The summed E-state index contributed by atoms with van der Waals surface area (Å²) < 4.78 is 0. The largest absolute Gasteiger partial charge is 0.370 e. The molecule has 4 nitrogen and oxygen atoms in total. The van der Waals surface area contributed by atoms with Gasteiger partial charge in [0.1, 0.15) is 0 Å². The van der Waals surface area contributed by atoms with E-state index in [0.29, 0.717) is 12.5 Å². The van der Waals surface area contributed by atoms with Crippen molar-refractivity contribution in [2.75, 3.05) is 27.2 Å². The number of rotatable bonds is 7. The highest BCUT2D eigenvalue weighted by Gasteiger charge is 2.13. The van der Waals surface area contributed by atoms with Gasteiger partial charge in [-0.25, -0.2) is 0 Å². The molecule has 0 fully saturated rings. The second-order valence-electron chi connectivity index (χ2n) is 5.23. The molecular weight excluding hydrogens is 375 g/mol. The van der Waals surface area contributed by atoms with E-state index in [2.05, 4.69) is 67.4 Å². The Kier molecular flexibility index (Phi) is 10.4. The highest BCUT2D eigenvalue weighted by Crippen LogP contribution is 2.19. The SMILES string of the molecule is CCCNC(N)=NCC(c1ccc(CC)cc1)N(C)C.I. The fourth-order valence-electron chi connectivity index (χ4n) is 2.04. The molecule has 0 spiro atoms. The average Bonchev–Trinajstić information content (AvgIpc) is 2.45. The predicted octanol–water partition coefficient (Wildman–Crippen LogP) is 2.78. The Bertz CT molecular complexity index is 415. The second kappa shape index (κ2) is 10.8. The molecule has 3 N–H and O–H groups in total. The van der Waals surface area contributed by atoms with Crippen LogP contribution in [0.15, 0.2) is 29.3 Å². The number of aliphatic imine (C=N–C) groups is 1. The van der Waals surface area contributed by atoms with Gasteiger partial charge in [0.25, 0.3) is 0 Å². The summed E-state index contributed by atoms with van der Waals surface area (Å²) in [5.74, 6) is 0.531. The van der Waals surface area contributed by atoms with Crippen LogP contribution in [0.5, 0.6) is 0 Å². The van der Waals surface area contributed by atoms with Gasteiger partial charge < -0.3 is 16.0 Å². The molecule has 1 rings (SSSR count). The molecule has 0 aliphatic heterocycles. The van der Waals surface area contributed by atoms with Crippen molar-refractivity contribution in [3.05, 3.63) is 35.4 Å². The number of hydrogen-bond acceptors (Lipinski definition) is 2. The zero-order chi connectivity index (χ0) is 15.0. The van der Waals surface area contributed by atoms with Crippen molar-refractivity contribution in [2.24, 2.45) is 10.7 Å². The first-order chi connectivity index (χ1) is 9.58. The van der Waals surface area contributed by atoms with E-state index in [-0.39, 0.29) is 30.0 Å². The Morgan fingerprint density at radius 1 is 1.24 bits per heavy atom. The molecule has 21 heavy (non-hydrogen) atoms. The van der Waals surface area contributed by atoms with Gasteiger partial charge in [-0.15, -0.1) is 24.0 Å². The molecule has 0 bridgehead atoms. The number of likely N-dealkylation sites (N-methyl/N-ethyl adjacent to an activating group) is 1. The topological polar surface area (TPSA) is 53.6 Å². The Hall–Kier alpha value is -0.820. The quantitative estimate of drug-likeness (QED) is 0.418. The first-order valence-electron chi connectivity index (χ1n) is 7.37. The minimum Gasteiger partial charge on any atom is -0.370 e. The molecule has 0 saturated heterocycles. The molecule has 120 valence electrons. The highest BCUT2D eigenvalue weighted by atomic mass is 127. The number of nitrogens with one attached hydrogen (secondary N) is 1. The van der Waals surface area contributed by atoms with Gasteiger partial charge in [-0.3, -0.25) is 4.99 Å². The molecule has 0 heterocycles. The molecule has 0 aliphatic carbocycles. The van der Waals surface area contributed by atoms with E-state index in [4.69, 9.17) is 5.73 Å². The lowest BCUT2D eigenvalue weighted by Gasteiger charge is -2.23. The smallest absolute Gasteiger partial charge is 0.188 e. The first-order valence-corrected chi connectivity index (χ1v) is 7.37. The minimum atomic E-state index is 0. The Balaban J connectivity index is 0.00000400. The summed E-state index contributed by atoms with van der Waals surface area (Å²) in [6.07, 6.45) is 2.12. The van der Waals surface area contributed by atoms with Gasteiger partial charge in [-0.2, -0.15) is 0 Å². The number of nitrogens with zero attached hydrogens (tertiary/aromatic N) is 2. The van der Waals surface area contributed by atoms with E-state index in [9.17, 15) is 0 Å². The maximum Gasteiger partial charge on any atom is 0.188 e. The minimum absolute atomic E-state index is 0. The third kappa shape index (κ3) is 7.13. The van der Waals surface area contributed by atoms with E-state index in [1.807, 2.05) is 0 Å². The van der Waals surface area contributed by atoms with Gasteiger partial charge in [0.05, 0.1) is 12.6 Å². The molecule has 1 unspecified atom stereocenters. The number of halogens is 1. The maximum absolute atomic E-state index is 5.85. The van der Waals surface area contributed by atoms with Crippen LogP contribution in [0, 0.1) is 0 Å².